The molecule has 228 valence electrons. The molecule has 3 aliphatic heterocycles. The van der Waals surface area contributed by atoms with Crippen molar-refractivity contribution in [1.29, 1.82) is 0 Å². The molecule has 0 saturated heterocycles. The smallest absolute Gasteiger partial charge is 0.0888 e. The fraction of sp³-hybridized carbons (Fsp3) is 0.667. The third-order valence-corrected chi connectivity index (χ3v) is 6.78. The van der Waals surface area contributed by atoms with Gasteiger partial charge >= 0.3 is 0 Å². The molecule has 2 aromatic rings. The van der Waals surface area contributed by atoms with Crippen LogP contribution in [-0.4, -0.2) is 125 Å². The van der Waals surface area contributed by atoms with Gasteiger partial charge in [-0.2, -0.15) is 0 Å². The summed E-state index contributed by atoms with van der Waals surface area (Å²) in [5.41, 5.74) is 3.61. The fourth-order valence-corrected chi connectivity index (χ4v) is 4.46. The minimum Gasteiger partial charge on any atom is -0.378 e. The Morgan fingerprint density at radius 3 is 0.951 bits per heavy atom. The standard InChI is InChI=1S/C30H46N4O7/c1-3-27-23-38-15-9-33-7-13-35-19-21-37-22-20-36-14-8-34(10-16-39-24-28(4-1)31-27)12-18-41-26-30-6-2-5-29(32-30)25-40-17-11-33/h1-6H,7-26H2. The Bertz CT molecular complexity index is 840. The Labute approximate surface area is 244 Å². The predicted octanol–water partition coefficient (Wildman–Crippen LogP) is 1.92. The van der Waals surface area contributed by atoms with E-state index in [0.717, 1.165) is 62.0 Å². The Balaban J connectivity index is 1.42. The molecule has 41 heavy (non-hydrogen) atoms. The van der Waals surface area contributed by atoms with Crippen LogP contribution in [-0.2, 0) is 59.6 Å². The molecular weight excluding hydrogens is 528 g/mol. The molecule has 0 saturated carbocycles. The lowest BCUT2D eigenvalue weighted by atomic mass is 10.3. The van der Waals surface area contributed by atoms with Gasteiger partial charge in [0, 0.05) is 39.3 Å². The van der Waals surface area contributed by atoms with E-state index in [2.05, 4.69) is 9.80 Å². The highest BCUT2D eigenvalue weighted by Crippen LogP contribution is 2.06. The molecule has 0 N–H and O–H groups in total. The van der Waals surface area contributed by atoms with Crippen molar-refractivity contribution >= 4 is 0 Å². The van der Waals surface area contributed by atoms with Gasteiger partial charge < -0.3 is 33.2 Å². The molecule has 0 amide bonds. The van der Waals surface area contributed by atoms with Gasteiger partial charge in [0.2, 0.25) is 0 Å². The van der Waals surface area contributed by atoms with E-state index in [1.807, 2.05) is 36.4 Å². The normalized spacial score (nSPS) is 24.4. The van der Waals surface area contributed by atoms with Gasteiger partial charge in [-0.1, -0.05) is 12.1 Å². The third-order valence-electron chi connectivity index (χ3n) is 6.78. The first-order valence-electron chi connectivity index (χ1n) is 14.7. The van der Waals surface area contributed by atoms with Gasteiger partial charge in [0.1, 0.15) is 0 Å². The van der Waals surface area contributed by atoms with Gasteiger partial charge in [-0.3, -0.25) is 19.8 Å². The summed E-state index contributed by atoms with van der Waals surface area (Å²) in [7, 11) is 0. The number of rotatable bonds is 0. The summed E-state index contributed by atoms with van der Waals surface area (Å²) in [6.45, 7) is 12.3. The molecule has 11 nitrogen and oxygen atoms in total. The maximum absolute atomic E-state index is 5.99. The summed E-state index contributed by atoms with van der Waals surface area (Å²) in [6.07, 6.45) is 0. The molecule has 0 aliphatic carbocycles. The van der Waals surface area contributed by atoms with Crippen molar-refractivity contribution in [3.63, 3.8) is 0 Å². The third kappa shape index (κ3) is 13.6. The summed E-state index contributed by atoms with van der Waals surface area (Å²) in [6, 6.07) is 12.0. The summed E-state index contributed by atoms with van der Waals surface area (Å²) < 4.78 is 41.3. The zero-order valence-corrected chi connectivity index (χ0v) is 24.3. The molecule has 11 heteroatoms. The van der Waals surface area contributed by atoms with Crippen molar-refractivity contribution in [2.75, 3.05) is 105 Å². The topological polar surface area (TPSA) is 96.9 Å². The van der Waals surface area contributed by atoms with E-state index in [9.17, 15) is 0 Å². The second kappa shape index (κ2) is 20.0. The monoisotopic (exact) mass is 574 g/mol. The number of fused-ring (bicyclic) bond motifs is 22. The van der Waals surface area contributed by atoms with Crippen LogP contribution in [0.5, 0.6) is 0 Å². The molecule has 0 unspecified atom stereocenters. The Hall–Kier alpha value is -2.06. The summed E-state index contributed by atoms with van der Waals surface area (Å²) >= 11 is 0. The minimum atomic E-state index is 0.460. The first-order chi connectivity index (χ1) is 20.3. The highest BCUT2D eigenvalue weighted by Gasteiger charge is 2.09. The fourth-order valence-electron chi connectivity index (χ4n) is 4.46. The Morgan fingerprint density at radius 1 is 0.366 bits per heavy atom. The van der Waals surface area contributed by atoms with Crippen LogP contribution in [0.25, 0.3) is 0 Å². The average Bonchev–Trinajstić information content (AvgIpc) is 2.99. The van der Waals surface area contributed by atoms with Crippen LogP contribution in [0.15, 0.2) is 36.4 Å². The number of hydrogen-bond acceptors (Lipinski definition) is 11. The van der Waals surface area contributed by atoms with Crippen molar-refractivity contribution in [2.24, 2.45) is 0 Å². The van der Waals surface area contributed by atoms with Crippen LogP contribution in [0.2, 0.25) is 0 Å². The molecule has 0 spiro atoms. The van der Waals surface area contributed by atoms with Crippen molar-refractivity contribution < 1.29 is 33.2 Å². The van der Waals surface area contributed by atoms with Gasteiger partial charge in [0.15, 0.2) is 0 Å². The molecule has 0 fully saturated rings. The van der Waals surface area contributed by atoms with Crippen LogP contribution < -0.4 is 0 Å². The molecule has 0 atom stereocenters. The SMILES string of the molecule is c1cc2nc(c1)COCCN1CCOCCOCCOCCN(CCOC2)CCOCc2cccc(n2)COCC1. The van der Waals surface area contributed by atoms with Crippen LogP contribution in [0.4, 0.5) is 0 Å². The van der Waals surface area contributed by atoms with E-state index >= 15 is 0 Å². The van der Waals surface area contributed by atoms with E-state index in [0.29, 0.717) is 92.5 Å². The number of ether oxygens (including phenoxy) is 7. The van der Waals surface area contributed by atoms with E-state index in [1.54, 1.807) is 0 Å². The minimum absolute atomic E-state index is 0.460. The maximum Gasteiger partial charge on any atom is 0.0888 e. The van der Waals surface area contributed by atoms with Crippen molar-refractivity contribution in [3.05, 3.63) is 59.2 Å². The molecule has 5 rings (SSSR count). The molecule has 0 radical (unpaired) electrons. The van der Waals surface area contributed by atoms with Gasteiger partial charge in [-0.15, -0.1) is 0 Å². The van der Waals surface area contributed by atoms with Crippen LogP contribution in [0.3, 0.4) is 0 Å². The molecule has 6 bridgehead atoms. The van der Waals surface area contributed by atoms with E-state index in [4.69, 9.17) is 43.1 Å². The summed E-state index contributed by atoms with van der Waals surface area (Å²) in [5, 5.41) is 0. The lowest BCUT2D eigenvalue weighted by Gasteiger charge is -2.23. The Kier molecular flexibility index (Phi) is 15.5. The van der Waals surface area contributed by atoms with Crippen LogP contribution >= 0.6 is 0 Å². The molecule has 5 heterocycles. The zero-order chi connectivity index (χ0) is 28.2. The van der Waals surface area contributed by atoms with Gasteiger partial charge in [-0.25, -0.2) is 0 Å². The molecule has 2 aromatic heterocycles. The van der Waals surface area contributed by atoms with E-state index in [1.165, 1.54) is 0 Å². The lowest BCUT2D eigenvalue weighted by molar-refractivity contribution is -0.000592. The number of nitrogens with zero attached hydrogens (tertiary/aromatic N) is 4. The van der Waals surface area contributed by atoms with Crippen LogP contribution in [0, 0.1) is 0 Å². The molecular formula is C30H46N4O7. The first kappa shape index (κ1) is 31.9. The lowest BCUT2D eigenvalue weighted by Crippen LogP contribution is -2.34. The van der Waals surface area contributed by atoms with Crippen molar-refractivity contribution in [2.45, 2.75) is 26.4 Å². The highest BCUT2D eigenvalue weighted by atomic mass is 16.5. The molecule has 0 aromatic carbocycles. The summed E-state index contributed by atoms with van der Waals surface area (Å²) in [5.74, 6) is 0. The average molecular weight is 575 g/mol. The Morgan fingerprint density at radius 2 is 0.634 bits per heavy atom. The second-order valence-corrected chi connectivity index (χ2v) is 9.97. The van der Waals surface area contributed by atoms with Gasteiger partial charge in [0.05, 0.1) is 115 Å². The predicted molar refractivity (Wildman–Crippen MR) is 152 cm³/mol. The second-order valence-electron chi connectivity index (χ2n) is 9.97. The van der Waals surface area contributed by atoms with Crippen LogP contribution in [0.1, 0.15) is 22.8 Å². The summed E-state index contributed by atoms with van der Waals surface area (Å²) in [4.78, 5) is 14.0. The van der Waals surface area contributed by atoms with Crippen molar-refractivity contribution in [1.82, 2.24) is 19.8 Å². The van der Waals surface area contributed by atoms with Gasteiger partial charge in [-0.05, 0) is 24.3 Å². The molecule has 3 aliphatic rings. The van der Waals surface area contributed by atoms with E-state index in [-0.39, 0.29) is 0 Å². The zero-order valence-electron chi connectivity index (χ0n) is 24.3. The first-order valence-corrected chi connectivity index (χ1v) is 14.7. The quantitative estimate of drug-likeness (QED) is 0.432. The highest BCUT2D eigenvalue weighted by molar-refractivity contribution is 5.10. The number of aromatic nitrogens is 2. The number of pyridine rings is 2. The van der Waals surface area contributed by atoms with Crippen molar-refractivity contribution in [3.8, 4) is 0 Å². The van der Waals surface area contributed by atoms with Gasteiger partial charge in [0.25, 0.3) is 0 Å². The number of hydrogen-bond donors (Lipinski definition) is 0. The largest absolute Gasteiger partial charge is 0.378 e. The maximum atomic E-state index is 5.99. The van der Waals surface area contributed by atoms with E-state index < -0.39 is 0 Å².